The predicted octanol–water partition coefficient (Wildman–Crippen LogP) is 7.36. The van der Waals surface area contributed by atoms with Crippen LogP contribution in [0.15, 0.2) is 46.6 Å². The summed E-state index contributed by atoms with van der Waals surface area (Å²) in [6.07, 6.45) is 21.9. The van der Waals surface area contributed by atoms with Crippen molar-refractivity contribution in [3.8, 4) is 0 Å². The third-order valence-electron chi connectivity index (χ3n) is 14.1. The van der Waals surface area contributed by atoms with Gasteiger partial charge in [0.1, 0.15) is 0 Å². The zero-order valence-electron chi connectivity index (χ0n) is 29.4. The largest absolute Gasteiger partial charge is 2.00 e. The van der Waals surface area contributed by atoms with Gasteiger partial charge in [-0.25, -0.2) is 0 Å². The maximum atomic E-state index is 11.8. The molecule has 0 aromatic heterocycles. The summed E-state index contributed by atoms with van der Waals surface area (Å²) < 4.78 is 0. The van der Waals surface area contributed by atoms with Crippen molar-refractivity contribution in [2.75, 3.05) is 0 Å². The number of fused-ring (bicyclic) bond motifs is 6. The molecule has 0 saturated heterocycles. The number of carboxylic acid groups (broad SMARTS) is 2. The van der Waals surface area contributed by atoms with Gasteiger partial charge < -0.3 is 19.8 Å². The molecule has 0 aromatic carbocycles. The van der Waals surface area contributed by atoms with Gasteiger partial charge in [-0.2, -0.15) is 0 Å². The molecule has 0 bridgehead atoms. The van der Waals surface area contributed by atoms with E-state index in [-0.39, 0.29) is 46.6 Å². The van der Waals surface area contributed by atoms with Gasteiger partial charge in [0.05, 0.1) is 0 Å². The number of carboxylic acids is 2. The fourth-order valence-corrected chi connectivity index (χ4v) is 11.2. The minimum Gasteiger partial charge on any atom is -0.550 e. The molecule has 0 unspecified atom stereocenters. The Labute approximate surface area is 290 Å². The van der Waals surface area contributed by atoms with Crippen LogP contribution >= 0.6 is 0 Å². The van der Waals surface area contributed by atoms with E-state index in [0.29, 0.717) is 23.7 Å². The van der Waals surface area contributed by atoms with E-state index in [1.54, 1.807) is 11.1 Å². The van der Waals surface area contributed by atoms with Crippen LogP contribution in [0.3, 0.4) is 0 Å². The van der Waals surface area contributed by atoms with Crippen molar-refractivity contribution >= 4 is 35.8 Å². The summed E-state index contributed by atoms with van der Waals surface area (Å²) in [5, 5.41) is 23.7. The third kappa shape index (κ3) is 6.21. The SMILES string of the molecule is CC(C)C1=CC2=CC[C@@H]3[C@](C)(CCC[C@@]3(C)C(=O)[O-])[C@H]2CC1.CC(C)C1=CC2=CC[C@@H]3[C@](C)(CCC[C@@]3(C)C(=O)[O-])[C@H]2CC1.[Sn+2]. The van der Waals surface area contributed by atoms with Crippen molar-refractivity contribution in [3.05, 3.63) is 46.6 Å². The van der Waals surface area contributed by atoms with Crippen molar-refractivity contribution < 1.29 is 19.8 Å². The van der Waals surface area contributed by atoms with Crippen molar-refractivity contribution in [3.63, 3.8) is 0 Å². The van der Waals surface area contributed by atoms with Crippen LogP contribution in [0.1, 0.15) is 132 Å². The van der Waals surface area contributed by atoms with E-state index < -0.39 is 22.8 Å². The Morgan fingerprint density at radius 2 is 1.02 bits per heavy atom. The van der Waals surface area contributed by atoms with Crippen LogP contribution in [-0.4, -0.2) is 35.8 Å². The second-order valence-corrected chi connectivity index (χ2v) is 17.0. The number of rotatable bonds is 4. The standard InChI is InChI=1S/2C20H30O2.Sn/c2*1-13(2)14-6-8-16-15(12-14)7-9-17-19(16,3)10-5-11-20(17,4)18(21)22;/h2*7,12-13,16-17H,5-6,8-11H2,1-4H3,(H,21,22);/q;;+2/p-2/t2*16-,17+,19+,20+;/m00./s1. The van der Waals surface area contributed by atoms with Crippen LogP contribution in [0.2, 0.25) is 0 Å². The summed E-state index contributed by atoms with van der Waals surface area (Å²) >= 11 is 0. The van der Waals surface area contributed by atoms with Crippen molar-refractivity contribution in [1.82, 2.24) is 0 Å². The molecule has 2 fully saturated rings. The number of carbonyl (C=O) groups is 2. The molecule has 6 aliphatic carbocycles. The van der Waals surface area contributed by atoms with E-state index in [2.05, 4.69) is 65.8 Å². The van der Waals surface area contributed by atoms with Gasteiger partial charge in [-0.05, 0) is 122 Å². The van der Waals surface area contributed by atoms with Gasteiger partial charge in [0, 0.05) is 22.8 Å². The maximum absolute atomic E-state index is 11.8. The molecule has 2 radical (unpaired) electrons. The molecule has 6 rings (SSSR count). The first-order chi connectivity index (χ1) is 20.6. The third-order valence-corrected chi connectivity index (χ3v) is 14.1. The van der Waals surface area contributed by atoms with Gasteiger partial charge in [0.25, 0.3) is 0 Å². The Morgan fingerprint density at radius 1 is 0.667 bits per heavy atom. The number of hydrogen-bond donors (Lipinski definition) is 0. The molecule has 246 valence electrons. The molecule has 0 aromatic rings. The average molecular weight is 722 g/mol. The molecular weight excluding hydrogens is 663 g/mol. The average Bonchev–Trinajstić information content (AvgIpc) is 2.96. The maximum Gasteiger partial charge on any atom is 2.00 e. The van der Waals surface area contributed by atoms with Crippen LogP contribution in [-0.2, 0) is 9.59 Å². The van der Waals surface area contributed by atoms with Crippen LogP contribution in [0.4, 0.5) is 0 Å². The number of carbonyl (C=O) groups excluding carboxylic acids is 2. The van der Waals surface area contributed by atoms with Crippen LogP contribution < -0.4 is 10.2 Å². The molecule has 0 aliphatic heterocycles. The summed E-state index contributed by atoms with van der Waals surface area (Å²) in [7, 11) is 0. The molecule has 0 N–H and O–H groups in total. The van der Waals surface area contributed by atoms with Gasteiger partial charge in [-0.3, -0.25) is 0 Å². The summed E-state index contributed by atoms with van der Waals surface area (Å²) in [6.45, 7) is 17.7. The van der Waals surface area contributed by atoms with Gasteiger partial charge >= 0.3 is 23.9 Å². The van der Waals surface area contributed by atoms with Gasteiger partial charge in [-0.15, -0.1) is 0 Å². The molecule has 4 nitrogen and oxygen atoms in total. The molecule has 0 heterocycles. The van der Waals surface area contributed by atoms with E-state index in [4.69, 9.17) is 0 Å². The molecule has 2 saturated carbocycles. The normalized spacial score (nSPS) is 40.4. The second kappa shape index (κ2) is 13.3. The van der Waals surface area contributed by atoms with E-state index in [9.17, 15) is 19.8 Å². The Balaban J connectivity index is 0.000000200. The predicted molar refractivity (Wildman–Crippen MR) is 180 cm³/mol. The summed E-state index contributed by atoms with van der Waals surface area (Å²) in [4.78, 5) is 23.7. The molecule has 0 spiro atoms. The molecule has 45 heavy (non-hydrogen) atoms. The smallest absolute Gasteiger partial charge is 0.550 e. The monoisotopic (exact) mass is 722 g/mol. The minimum absolute atomic E-state index is 0. The van der Waals surface area contributed by atoms with E-state index in [0.717, 1.165) is 51.4 Å². The Kier molecular flexibility index (Phi) is 10.8. The minimum atomic E-state index is -0.838. The number of allylic oxidation sites excluding steroid dienone is 8. The van der Waals surface area contributed by atoms with Gasteiger partial charge in [0.15, 0.2) is 0 Å². The number of hydrogen-bond acceptors (Lipinski definition) is 4. The first kappa shape index (κ1) is 36.5. The summed E-state index contributed by atoms with van der Waals surface area (Å²) in [6, 6.07) is 0. The van der Waals surface area contributed by atoms with Crippen molar-refractivity contribution in [2.45, 2.75) is 132 Å². The Hall–Kier alpha value is -1.30. The zero-order valence-corrected chi connectivity index (χ0v) is 32.2. The summed E-state index contributed by atoms with van der Waals surface area (Å²) in [5.41, 5.74) is 5.01. The quantitative estimate of drug-likeness (QED) is 0.285. The van der Waals surface area contributed by atoms with E-state index >= 15 is 0 Å². The zero-order chi connectivity index (χ0) is 32.2. The molecule has 0 amide bonds. The molecular formula is C40H58O4Sn. The summed E-state index contributed by atoms with van der Waals surface area (Å²) in [5.74, 6) is 1.08. The first-order valence-corrected chi connectivity index (χ1v) is 17.8. The van der Waals surface area contributed by atoms with Gasteiger partial charge in [-0.1, -0.05) is 104 Å². The van der Waals surface area contributed by atoms with Crippen molar-refractivity contribution in [2.24, 2.45) is 57.2 Å². The fraction of sp³-hybridized carbons (Fsp3) is 0.750. The molecule has 5 heteroatoms. The first-order valence-electron chi connectivity index (χ1n) is 17.8. The second-order valence-electron chi connectivity index (χ2n) is 17.0. The van der Waals surface area contributed by atoms with Crippen molar-refractivity contribution in [1.29, 1.82) is 0 Å². The molecule has 6 aliphatic rings. The topological polar surface area (TPSA) is 80.3 Å². The molecule has 8 atom stereocenters. The fourth-order valence-electron chi connectivity index (χ4n) is 11.2. The number of aliphatic carboxylic acids is 2. The Bertz CT molecular complexity index is 1190. The van der Waals surface area contributed by atoms with Crippen LogP contribution in [0.25, 0.3) is 0 Å². The van der Waals surface area contributed by atoms with Crippen LogP contribution in [0.5, 0.6) is 0 Å². The van der Waals surface area contributed by atoms with E-state index in [1.165, 1.54) is 36.8 Å². The van der Waals surface area contributed by atoms with Crippen LogP contribution in [0, 0.1) is 57.2 Å². The Morgan fingerprint density at radius 3 is 1.33 bits per heavy atom. The van der Waals surface area contributed by atoms with E-state index in [1.807, 2.05) is 13.8 Å². The van der Waals surface area contributed by atoms with Gasteiger partial charge in [0.2, 0.25) is 0 Å².